The minimum Gasteiger partial charge on any atom is -0.385 e. The van der Waals surface area contributed by atoms with Crippen LogP contribution in [0.3, 0.4) is 0 Å². The van der Waals surface area contributed by atoms with Gasteiger partial charge >= 0.3 is 0 Å². The van der Waals surface area contributed by atoms with E-state index >= 15 is 0 Å². The number of benzene rings is 2. The number of nitrogens with one attached hydrogen (secondary N) is 2. The van der Waals surface area contributed by atoms with E-state index in [4.69, 9.17) is 0 Å². The zero-order valence-corrected chi connectivity index (χ0v) is 17.3. The first-order valence-electron chi connectivity index (χ1n) is 10.0. The Kier molecular flexibility index (Phi) is 8.65. The molecule has 5 heteroatoms. The molecule has 2 aromatic carbocycles. The van der Waals surface area contributed by atoms with Crippen LogP contribution in [0.15, 0.2) is 58.3 Å². The lowest BCUT2D eigenvalue weighted by Crippen LogP contribution is -2.05. The largest absolute Gasteiger partial charge is 0.385 e. The van der Waals surface area contributed by atoms with Crippen LogP contribution in [0.25, 0.3) is 0 Å². The van der Waals surface area contributed by atoms with E-state index in [1.807, 2.05) is 24.3 Å². The minimum absolute atomic E-state index is 0.324. The summed E-state index contributed by atoms with van der Waals surface area (Å²) < 4.78 is 25.6. The number of unbranched alkanes of at least 4 members (excludes halogenated alkanes) is 4. The molecule has 4 nitrogen and oxygen atoms in total. The summed E-state index contributed by atoms with van der Waals surface area (Å²) in [4.78, 5) is 0.649. The third-order valence-electron chi connectivity index (χ3n) is 4.55. The van der Waals surface area contributed by atoms with Crippen molar-refractivity contribution >= 4 is 21.2 Å². The molecule has 0 aliphatic carbocycles. The predicted octanol–water partition coefficient (Wildman–Crippen LogP) is 5.72. The zero-order valence-electron chi connectivity index (χ0n) is 16.5. The van der Waals surface area contributed by atoms with Crippen molar-refractivity contribution in [2.24, 2.45) is 0 Å². The first-order valence-corrected chi connectivity index (χ1v) is 11.5. The van der Waals surface area contributed by atoms with Crippen LogP contribution in [-0.2, 0) is 9.84 Å². The van der Waals surface area contributed by atoms with Crippen LogP contribution >= 0.6 is 0 Å². The second-order valence-corrected chi connectivity index (χ2v) is 8.77. The highest BCUT2D eigenvalue weighted by Gasteiger charge is 2.17. The van der Waals surface area contributed by atoms with Crippen molar-refractivity contribution < 1.29 is 8.42 Å². The van der Waals surface area contributed by atoms with E-state index in [2.05, 4.69) is 24.5 Å². The molecule has 2 N–H and O–H groups in total. The summed E-state index contributed by atoms with van der Waals surface area (Å²) in [7, 11) is -3.49. The van der Waals surface area contributed by atoms with Gasteiger partial charge in [-0.25, -0.2) is 8.42 Å². The summed E-state index contributed by atoms with van der Waals surface area (Å²) in [5.41, 5.74) is 1.91. The molecule has 0 heterocycles. The Morgan fingerprint density at radius 1 is 0.630 bits per heavy atom. The Bertz CT molecular complexity index is 707. The molecule has 2 aromatic rings. The van der Waals surface area contributed by atoms with Crippen molar-refractivity contribution in [1.82, 2.24) is 0 Å². The third kappa shape index (κ3) is 6.58. The van der Waals surface area contributed by atoms with Crippen molar-refractivity contribution in [2.75, 3.05) is 23.7 Å². The standard InChI is InChI=1S/C22H32N2O2S/c1-3-5-7-17-23-19-9-13-21(14-10-19)27(25,26)22-15-11-20(12-16-22)24-18-8-6-4-2/h9-16,23-24H,3-8,17-18H2,1-2H3. The average molecular weight is 389 g/mol. The summed E-state index contributed by atoms with van der Waals surface area (Å²) in [6, 6.07) is 14.0. The van der Waals surface area contributed by atoms with Gasteiger partial charge in [0.2, 0.25) is 9.84 Å². The maximum atomic E-state index is 12.8. The third-order valence-corrected chi connectivity index (χ3v) is 6.33. The molecule has 0 amide bonds. The van der Waals surface area contributed by atoms with Gasteiger partial charge in [0.05, 0.1) is 9.79 Å². The molecule has 0 fully saturated rings. The van der Waals surface area contributed by atoms with Crippen LogP contribution in [0, 0.1) is 0 Å². The molecule has 0 saturated heterocycles. The van der Waals surface area contributed by atoms with Gasteiger partial charge in [0, 0.05) is 24.5 Å². The summed E-state index contributed by atoms with van der Waals surface area (Å²) in [6.45, 7) is 6.17. The average Bonchev–Trinajstić information content (AvgIpc) is 2.69. The fourth-order valence-electron chi connectivity index (χ4n) is 2.86. The van der Waals surface area contributed by atoms with Gasteiger partial charge in [-0.15, -0.1) is 0 Å². The van der Waals surface area contributed by atoms with Gasteiger partial charge in [0.25, 0.3) is 0 Å². The topological polar surface area (TPSA) is 58.2 Å². The normalized spacial score (nSPS) is 11.3. The van der Waals surface area contributed by atoms with Crippen molar-refractivity contribution in [3.8, 4) is 0 Å². The Labute approximate surface area is 164 Å². The monoisotopic (exact) mass is 388 g/mol. The molecule has 0 aliphatic rings. The lowest BCUT2D eigenvalue weighted by Gasteiger charge is -2.10. The van der Waals surface area contributed by atoms with Gasteiger partial charge in [0.15, 0.2) is 0 Å². The fourth-order valence-corrected chi connectivity index (χ4v) is 4.12. The molecule has 27 heavy (non-hydrogen) atoms. The highest BCUT2D eigenvalue weighted by molar-refractivity contribution is 7.91. The fraction of sp³-hybridized carbons (Fsp3) is 0.455. The smallest absolute Gasteiger partial charge is 0.206 e. The SMILES string of the molecule is CCCCCNc1ccc(S(=O)(=O)c2ccc(NCCCCC)cc2)cc1. The molecule has 0 saturated carbocycles. The summed E-state index contributed by atoms with van der Waals surface area (Å²) >= 11 is 0. The molecule has 0 atom stereocenters. The summed E-state index contributed by atoms with van der Waals surface area (Å²) in [5.74, 6) is 0. The molecule has 0 aromatic heterocycles. The highest BCUT2D eigenvalue weighted by Crippen LogP contribution is 2.23. The molecule has 0 aliphatic heterocycles. The second kappa shape index (κ2) is 11.0. The van der Waals surface area contributed by atoms with E-state index in [1.165, 1.54) is 25.7 Å². The van der Waals surface area contributed by atoms with Crippen molar-refractivity contribution in [3.63, 3.8) is 0 Å². The number of rotatable bonds is 12. The highest BCUT2D eigenvalue weighted by atomic mass is 32.2. The van der Waals surface area contributed by atoms with Crippen molar-refractivity contribution in [3.05, 3.63) is 48.5 Å². The first kappa shape index (κ1) is 21.3. The molecule has 0 radical (unpaired) electrons. The first-order chi connectivity index (χ1) is 13.1. The number of anilines is 2. The Balaban J connectivity index is 1.98. The lowest BCUT2D eigenvalue weighted by atomic mass is 10.2. The summed E-state index contributed by atoms with van der Waals surface area (Å²) in [5, 5.41) is 6.66. The van der Waals surface area contributed by atoms with Crippen LogP contribution in [0.5, 0.6) is 0 Å². The predicted molar refractivity (Wildman–Crippen MR) is 114 cm³/mol. The molecular formula is C22H32N2O2S. The maximum absolute atomic E-state index is 12.8. The van der Waals surface area contributed by atoms with Gasteiger partial charge in [0.1, 0.15) is 0 Å². The van der Waals surface area contributed by atoms with E-state index < -0.39 is 9.84 Å². The number of sulfone groups is 1. The zero-order chi connectivity index (χ0) is 19.5. The van der Waals surface area contributed by atoms with Crippen molar-refractivity contribution in [2.45, 2.75) is 62.2 Å². The second-order valence-electron chi connectivity index (χ2n) is 6.82. The molecule has 0 spiro atoms. The van der Waals surface area contributed by atoms with E-state index in [9.17, 15) is 8.42 Å². The quantitative estimate of drug-likeness (QED) is 0.456. The number of hydrogen-bond donors (Lipinski definition) is 2. The molecule has 148 valence electrons. The van der Waals surface area contributed by atoms with Crippen LogP contribution in [0.4, 0.5) is 11.4 Å². The van der Waals surface area contributed by atoms with E-state index in [1.54, 1.807) is 24.3 Å². The summed E-state index contributed by atoms with van der Waals surface area (Å²) in [6.07, 6.45) is 7.01. The van der Waals surface area contributed by atoms with Gasteiger partial charge in [-0.2, -0.15) is 0 Å². The molecule has 0 unspecified atom stereocenters. The molecule has 2 rings (SSSR count). The van der Waals surface area contributed by atoms with Crippen LogP contribution in [0.2, 0.25) is 0 Å². The van der Waals surface area contributed by atoms with Gasteiger partial charge in [-0.1, -0.05) is 39.5 Å². The van der Waals surface area contributed by atoms with Crippen LogP contribution < -0.4 is 10.6 Å². The van der Waals surface area contributed by atoms with Gasteiger partial charge in [-0.05, 0) is 61.4 Å². The van der Waals surface area contributed by atoms with E-state index in [0.29, 0.717) is 9.79 Å². The Morgan fingerprint density at radius 2 is 1.00 bits per heavy atom. The van der Waals surface area contributed by atoms with Gasteiger partial charge < -0.3 is 10.6 Å². The van der Waals surface area contributed by atoms with Crippen LogP contribution in [-0.4, -0.2) is 21.5 Å². The maximum Gasteiger partial charge on any atom is 0.206 e. The van der Waals surface area contributed by atoms with Crippen LogP contribution in [0.1, 0.15) is 52.4 Å². The Hall–Kier alpha value is -2.01. The lowest BCUT2D eigenvalue weighted by molar-refractivity contribution is 0.596. The Morgan fingerprint density at radius 3 is 1.33 bits per heavy atom. The number of hydrogen-bond acceptors (Lipinski definition) is 4. The molecule has 0 bridgehead atoms. The molecular weight excluding hydrogens is 356 g/mol. The van der Waals surface area contributed by atoms with Gasteiger partial charge in [-0.3, -0.25) is 0 Å². The minimum atomic E-state index is -3.49. The van der Waals surface area contributed by atoms with E-state index in [0.717, 1.165) is 37.3 Å². The van der Waals surface area contributed by atoms with E-state index in [-0.39, 0.29) is 0 Å². The van der Waals surface area contributed by atoms with Crippen molar-refractivity contribution in [1.29, 1.82) is 0 Å².